The summed E-state index contributed by atoms with van der Waals surface area (Å²) in [6.45, 7) is 1.23. The van der Waals surface area contributed by atoms with E-state index >= 15 is 0 Å². The fourth-order valence-corrected chi connectivity index (χ4v) is 1.75. The molecule has 0 bridgehead atoms. The largest absolute Gasteiger partial charge is 0.489 e. The van der Waals surface area contributed by atoms with Crippen molar-refractivity contribution in [2.75, 3.05) is 13.2 Å². The molecule has 0 saturated carbocycles. The highest BCUT2D eigenvalue weighted by atomic mass is 35.5. The van der Waals surface area contributed by atoms with Crippen LogP contribution in [0.1, 0.15) is 12.0 Å². The van der Waals surface area contributed by atoms with Crippen molar-refractivity contribution < 1.29 is 9.47 Å². The first-order chi connectivity index (χ1) is 7.81. The molecule has 0 aliphatic carbocycles. The van der Waals surface area contributed by atoms with Crippen LogP contribution < -0.4 is 9.47 Å². The van der Waals surface area contributed by atoms with E-state index in [1.54, 1.807) is 12.1 Å². The van der Waals surface area contributed by atoms with Crippen molar-refractivity contribution in [3.8, 4) is 17.6 Å². The van der Waals surface area contributed by atoms with Gasteiger partial charge in [-0.1, -0.05) is 11.6 Å². The van der Waals surface area contributed by atoms with E-state index in [0.717, 1.165) is 12.0 Å². The van der Waals surface area contributed by atoms with E-state index in [1.165, 1.54) is 6.08 Å². The summed E-state index contributed by atoms with van der Waals surface area (Å²) in [5.74, 6) is 1.23. The normalized spacial score (nSPS) is 14.5. The van der Waals surface area contributed by atoms with Gasteiger partial charge in [-0.2, -0.15) is 5.26 Å². The van der Waals surface area contributed by atoms with Crippen molar-refractivity contribution in [1.82, 2.24) is 0 Å². The third-order valence-corrected chi connectivity index (χ3v) is 2.46. The molecule has 1 aromatic rings. The lowest BCUT2D eigenvalue weighted by Crippen LogP contribution is -1.97. The van der Waals surface area contributed by atoms with E-state index in [2.05, 4.69) is 0 Å². The number of rotatable bonds is 1. The smallest absolute Gasteiger partial charge is 0.179 e. The van der Waals surface area contributed by atoms with Crippen molar-refractivity contribution >= 4 is 17.7 Å². The molecule has 0 atom stereocenters. The Morgan fingerprint density at radius 3 is 2.94 bits per heavy atom. The van der Waals surface area contributed by atoms with Gasteiger partial charge in [-0.3, -0.25) is 0 Å². The second-order valence-corrected chi connectivity index (χ2v) is 3.75. The van der Waals surface area contributed by atoms with Crippen molar-refractivity contribution in [3.63, 3.8) is 0 Å². The lowest BCUT2D eigenvalue weighted by molar-refractivity contribution is 0.297. The average Bonchev–Trinajstić information content (AvgIpc) is 2.51. The van der Waals surface area contributed by atoms with Crippen LogP contribution in [0.3, 0.4) is 0 Å². The van der Waals surface area contributed by atoms with Crippen LogP contribution in [0.4, 0.5) is 0 Å². The number of ether oxygens (including phenoxy) is 2. The second kappa shape index (κ2) is 4.91. The maximum Gasteiger partial charge on any atom is 0.179 e. The lowest BCUT2D eigenvalue weighted by atomic mass is 10.2. The van der Waals surface area contributed by atoms with Crippen LogP contribution >= 0.6 is 11.6 Å². The maximum atomic E-state index is 8.45. The topological polar surface area (TPSA) is 42.2 Å². The molecule has 0 radical (unpaired) electrons. The Morgan fingerprint density at radius 2 is 2.12 bits per heavy atom. The van der Waals surface area contributed by atoms with Crippen LogP contribution in [0.5, 0.6) is 11.5 Å². The maximum absolute atomic E-state index is 8.45. The van der Waals surface area contributed by atoms with Gasteiger partial charge in [-0.15, -0.1) is 0 Å². The fraction of sp³-hybridized carbons (Fsp3) is 0.250. The first-order valence-corrected chi connectivity index (χ1v) is 5.34. The van der Waals surface area contributed by atoms with Gasteiger partial charge < -0.3 is 9.47 Å². The number of benzene rings is 1. The van der Waals surface area contributed by atoms with Crippen LogP contribution in [0.15, 0.2) is 18.2 Å². The summed E-state index contributed by atoms with van der Waals surface area (Å²) in [6, 6.07) is 5.51. The van der Waals surface area contributed by atoms with Gasteiger partial charge in [-0.05, 0) is 23.8 Å². The Kier molecular flexibility index (Phi) is 3.33. The molecule has 0 amide bonds. The summed E-state index contributed by atoms with van der Waals surface area (Å²) in [5, 5.41) is 8.97. The first kappa shape index (κ1) is 10.8. The van der Waals surface area contributed by atoms with E-state index in [-0.39, 0.29) is 0 Å². The summed E-state index contributed by atoms with van der Waals surface area (Å²) >= 11 is 6.08. The molecule has 4 heteroatoms. The Labute approximate surface area is 98.8 Å². The van der Waals surface area contributed by atoms with Crippen LogP contribution in [-0.4, -0.2) is 13.2 Å². The van der Waals surface area contributed by atoms with Gasteiger partial charge in [0.25, 0.3) is 0 Å². The van der Waals surface area contributed by atoms with E-state index in [9.17, 15) is 0 Å². The van der Waals surface area contributed by atoms with E-state index in [1.807, 2.05) is 12.1 Å². The zero-order valence-electron chi connectivity index (χ0n) is 8.57. The standard InChI is InChI=1S/C12H10ClNO2/c13-10-7-9(3-1-4-14)8-11-12(10)16-6-2-5-15-11/h1,3,7-8H,2,5-6H2. The Bertz CT molecular complexity index is 463. The Balaban J connectivity index is 2.40. The van der Waals surface area contributed by atoms with Gasteiger partial charge in [0.2, 0.25) is 0 Å². The van der Waals surface area contributed by atoms with Crippen LogP contribution in [0.25, 0.3) is 6.08 Å². The molecule has 0 aromatic heterocycles. The molecule has 0 unspecified atom stereocenters. The van der Waals surface area contributed by atoms with Crippen molar-refractivity contribution in [1.29, 1.82) is 5.26 Å². The van der Waals surface area contributed by atoms with E-state index in [4.69, 9.17) is 26.3 Å². The highest BCUT2D eigenvalue weighted by molar-refractivity contribution is 6.32. The third kappa shape index (κ3) is 2.29. The van der Waals surface area contributed by atoms with Crippen molar-refractivity contribution in [2.45, 2.75) is 6.42 Å². The van der Waals surface area contributed by atoms with Gasteiger partial charge in [0.05, 0.1) is 24.3 Å². The Hall–Kier alpha value is -1.66. The van der Waals surface area contributed by atoms with E-state index < -0.39 is 0 Å². The molecule has 0 saturated heterocycles. The van der Waals surface area contributed by atoms with E-state index in [0.29, 0.717) is 29.7 Å². The van der Waals surface area contributed by atoms with Crippen LogP contribution in [0.2, 0.25) is 5.02 Å². The van der Waals surface area contributed by atoms with Crippen molar-refractivity contribution in [3.05, 3.63) is 28.8 Å². The van der Waals surface area contributed by atoms with Crippen LogP contribution in [0, 0.1) is 11.3 Å². The molecule has 0 fully saturated rings. The molecule has 1 aliphatic heterocycles. The molecule has 1 aromatic carbocycles. The molecule has 82 valence electrons. The SMILES string of the molecule is N#CC=Cc1cc(Cl)c2c(c1)OCCCO2. The summed E-state index contributed by atoms with van der Waals surface area (Å²) in [4.78, 5) is 0. The summed E-state index contributed by atoms with van der Waals surface area (Å²) in [6.07, 6.45) is 3.92. The summed E-state index contributed by atoms with van der Waals surface area (Å²) in [5.41, 5.74) is 0.829. The fourth-order valence-electron chi connectivity index (χ4n) is 1.48. The quantitative estimate of drug-likeness (QED) is 0.703. The molecular weight excluding hydrogens is 226 g/mol. The number of fused-ring (bicyclic) bond motifs is 1. The molecule has 0 spiro atoms. The zero-order valence-corrected chi connectivity index (χ0v) is 9.33. The minimum atomic E-state index is 0.511. The van der Waals surface area contributed by atoms with Crippen molar-refractivity contribution in [2.24, 2.45) is 0 Å². The number of hydrogen-bond acceptors (Lipinski definition) is 3. The predicted molar refractivity (Wildman–Crippen MR) is 61.7 cm³/mol. The van der Waals surface area contributed by atoms with Crippen LogP contribution in [-0.2, 0) is 0 Å². The number of nitrogens with zero attached hydrogens (tertiary/aromatic N) is 1. The second-order valence-electron chi connectivity index (χ2n) is 3.34. The monoisotopic (exact) mass is 235 g/mol. The minimum Gasteiger partial charge on any atom is -0.489 e. The average molecular weight is 236 g/mol. The minimum absolute atomic E-state index is 0.511. The molecular formula is C12H10ClNO2. The number of nitriles is 1. The summed E-state index contributed by atoms with van der Waals surface area (Å²) < 4.78 is 11.0. The first-order valence-electron chi connectivity index (χ1n) is 4.96. The lowest BCUT2D eigenvalue weighted by Gasteiger charge is -2.09. The summed E-state index contributed by atoms with van der Waals surface area (Å²) in [7, 11) is 0. The molecule has 1 heterocycles. The number of hydrogen-bond donors (Lipinski definition) is 0. The molecule has 0 N–H and O–H groups in total. The highest BCUT2D eigenvalue weighted by Gasteiger charge is 2.14. The van der Waals surface area contributed by atoms with Gasteiger partial charge in [0.1, 0.15) is 0 Å². The number of halogens is 1. The highest BCUT2D eigenvalue weighted by Crippen LogP contribution is 2.38. The predicted octanol–water partition coefficient (Wildman–Crippen LogP) is 3.04. The molecule has 2 rings (SSSR count). The van der Waals surface area contributed by atoms with Gasteiger partial charge in [0, 0.05) is 12.5 Å². The molecule has 3 nitrogen and oxygen atoms in total. The Morgan fingerprint density at radius 1 is 1.31 bits per heavy atom. The van der Waals surface area contributed by atoms with Gasteiger partial charge in [0.15, 0.2) is 11.5 Å². The zero-order chi connectivity index (χ0) is 11.4. The third-order valence-electron chi connectivity index (χ3n) is 2.17. The number of allylic oxidation sites excluding steroid dienone is 1. The van der Waals surface area contributed by atoms with Gasteiger partial charge >= 0.3 is 0 Å². The molecule has 16 heavy (non-hydrogen) atoms. The molecule has 1 aliphatic rings. The van der Waals surface area contributed by atoms with Gasteiger partial charge in [-0.25, -0.2) is 0 Å².